The van der Waals surface area contributed by atoms with Crippen LogP contribution in [0, 0.1) is 5.92 Å². The van der Waals surface area contributed by atoms with Crippen LogP contribution in [0.1, 0.15) is 12.8 Å². The number of carbonyl (C=O) groups is 2. The van der Waals surface area contributed by atoms with Crippen LogP contribution in [-0.4, -0.2) is 36.2 Å². The van der Waals surface area contributed by atoms with Gasteiger partial charge in [-0.15, -0.1) is 0 Å². The van der Waals surface area contributed by atoms with Crippen LogP contribution >= 0.6 is 0 Å². The molecule has 1 saturated carbocycles. The van der Waals surface area contributed by atoms with E-state index in [0.717, 1.165) is 12.8 Å². The molecule has 0 bridgehead atoms. The van der Waals surface area contributed by atoms with E-state index in [-0.39, 0.29) is 11.7 Å². The highest BCUT2D eigenvalue weighted by Gasteiger charge is 2.38. The van der Waals surface area contributed by atoms with Gasteiger partial charge in [0.25, 0.3) is 5.91 Å². The molecule has 1 fully saturated rings. The van der Waals surface area contributed by atoms with Crippen molar-refractivity contribution in [3.63, 3.8) is 0 Å². The summed E-state index contributed by atoms with van der Waals surface area (Å²) in [5.41, 5.74) is 0. The van der Waals surface area contributed by atoms with Crippen LogP contribution in [0.3, 0.4) is 0 Å². The van der Waals surface area contributed by atoms with E-state index in [4.69, 9.17) is 14.6 Å². The molecule has 2 N–H and O–H groups in total. The molecule has 0 saturated heterocycles. The first-order valence-corrected chi connectivity index (χ1v) is 5.16. The summed E-state index contributed by atoms with van der Waals surface area (Å²) in [5, 5.41) is 11.4. The largest absolute Gasteiger partial charge is 0.494 e. The van der Waals surface area contributed by atoms with Crippen molar-refractivity contribution in [3.05, 3.63) is 12.0 Å². The highest BCUT2D eigenvalue weighted by atomic mass is 16.6. The van der Waals surface area contributed by atoms with E-state index < -0.39 is 17.9 Å². The summed E-state index contributed by atoms with van der Waals surface area (Å²) >= 11 is 0. The Morgan fingerprint density at radius 2 is 2.19 bits per heavy atom. The van der Waals surface area contributed by atoms with Crippen molar-refractivity contribution >= 4 is 11.9 Å². The number of aliphatic carboxylic acids is 1. The summed E-state index contributed by atoms with van der Waals surface area (Å²) in [7, 11) is 0. The number of hydrogen-bond acceptors (Lipinski definition) is 4. The predicted molar refractivity (Wildman–Crippen MR) is 52.3 cm³/mol. The summed E-state index contributed by atoms with van der Waals surface area (Å²) in [6.45, 7) is 0.711. The van der Waals surface area contributed by atoms with E-state index in [0.29, 0.717) is 13.2 Å². The third kappa shape index (κ3) is 2.44. The Balaban J connectivity index is 1.94. The molecular weight excluding hydrogens is 214 g/mol. The van der Waals surface area contributed by atoms with Crippen molar-refractivity contribution in [2.24, 2.45) is 5.92 Å². The van der Waals surface area contributed by atoms with Gasteiger partial charge in [0.05, 0.1) is 0 Å². The summed E-state index contributed by atoms with van der Waals surface area (Å²) in [5.74, 6) is -1.45. The second-order valence-electron chi connectivity index (χ2n) is 3.83. The number of hydrogen-bond donors (Lipinski definition) is 2. The molecule has 0 aromatic carbocycles. The zero-order valence-electron chi connectivity index (χ0n) is 8.64. The molecule has 88 valence electrons. The molecule has 16 heavy (non-hydrogen) atoms. The number of carboxylic acids is 1. The van der Waals surface area contributed by atoms with Crippen LogP contribution in [-0.2, 0) is 19.1 Å². The zero-order chi connectivity index (χ0) is 11.5. The van der Waals surface area contributed by atoms with Crippen LogP contribution in [0.4, 0.5) is 0 Å². The Labute approximate surface area is 92.2 Å². The van der Waals surface area contributed by atoms with E-state index in [2.05, 4.69) is 5.32 Å². The Morgan fingerprint density at radius 3 is 2.69 bits per heavy atom. The third-order valence-corrected chi connectivity index (χ3v) is 2.52. The van der Waals surface area contributed by atoms with Crippen molar-refractivity contribution in [2.75, 3.05) is 13.2 Å². The molecular formula is C10H13NO5. The maximum Gasteiger partial charge on any atom is 0.326 e. The van der Waals surface area contributed by atoms with Gasteiger partial charge in [0.1, 0.15) is 25.5 Å². The monoisotopic (exact) mass is 227 g/mol. The third-order valence-electron chi connectivity index (χ3n) is 2.52. The van der Waals surface area contributed by atoms with Gasteiger partial charge in [0.2, 0.25) is 5.76 Å². The van der Waals surface area contributed by atoms with E-state index in [9.17, 15) is 9.59 Å². The van der Waals surface area contributed by atoms with Crippen molar-refractivity contribution in [1.82, 2.24) is 5.32 Å². The molecule has 0 aromatic heterocycles. The first-order valence-electron chi connectivity index (χ1n) is 5.16. The molecule has 2 aliphatic rings. The number of amides is 1. The molecule has 1 aliphatic carbocycles. The Kier molecular flexibility index (Phi) is 2.98. The van der Waals surface area contributed by atoms with E-state index in [1.807, 2.05) is 0 Å². The second kappa shape index (κ2) is 4.42. The van der Waals surface area contributed by atoms with Gasteiger partial charge in [-0.3, -0.25) is 4.79 Å². The highest BCUT2D eigenvalue weighted by molar-refractivity contribution is 5.94. The lowest BCUT2D eigenvalue weighted by Crippen LogP contribution is -2.43. The molecule has 1 atom stereocenters. The van der Waals surface area contributed by atoms with Gasteiger partial charge in [-0.2, -0.15) is 0 Å². The van der Waals surface area contributed by atoms with Gasteiger partial charge < -0.3 is 19.9 Å². The number of nitrogens with one attached hydrogen (secondary N) is 1. The quantitative estimate of drug-likeness (QED) is 0.698. The summed E-state index contributed by atoms with van der Waals surface area (Å²) in [6, 6.07) is -0.820. The SMILES string of the molecule is O=C(NC(C(=O)O)C1CC1)C1=COCCO1. The van der Waals surface area contributed by atoms with Gasteiger partial charge in [0.15, 0.2) is 0 Å². The molecule has 1 amide bonds. The van der Waals surface area contributed by atoms with Gasteiger partial charge in [-0.1, -0.05) is 0 Å². The Bertz CT molecular complexity index is 334. The second-order valence-corrected chi connectivity index (χ2v) is 3.83. The molecule has 6 nitrogen and oxygen atoms in total. The average Bonchev–Trinajstić information content (AvgIpc) is 3.10. The molecule has 0 aromatic rings. The van der Waals surface area contributed by atoms with Crippen molar-refractivity contribution < 1.29 is 24.2 Å². The standard InChI is InChI=1S/C10H13NO5/c12-9(7-5-15-3-4-16-7)11-8(10(13)14)6-1-2-6/h5-6,8H,1-4H2,(H,11,12)(H,13,14). The maximum atomic E-state index is 11.6. The topological polar surface area (TPSA) is 84.9 Å². The van der Waals surface area contributed by atoms with E-state index >= 15 is 0 Å². The maximum absolute atomic E-state index is 11.6. The molecule has 0 spiro atoms. The molecule has 1 aliphatic heterocycles. The van der Waals surface area contributed by atoms with Gasteiger partial charge in [-0.25, -0.2) is 4.79 Å². The van der Waals surface area contributed by atoms with Gasteiger partial charge in [-0.05, 0) is 18.8 Å². The lowest BCUT2D eigenvalue weighted by molar-refractivity contribution is -0.142. The smallest absolute Gasteiger partial charge is 0.326 e. The fraction of sp³-hybridized carbons (Fsp3) is 0.600. The fourth-order valence-electron chi connectivity index (χ4n) is 1.51. The number of rotatable bonds is 4. The summed E-state index contributed by atoms with van der Waals surface area (Å²) in [6.07, 6.45) is 2.89. The first kappa shape index (κ1) is 10.8. The van der Waals surface area contributed by atoms with Gasteiger partial charge in [0, 0.05) is 0 Å². The van der Waals surface area contributed by atoms with Crippen molar-refractivity contribution in [2.45, 2.75) is 18.9 Å². The predicted octanol–water partition coefficient (Wildman–Crippen LogP) is -0.146. The van der Waals surface area contributed by atoms with Crippen LogP contribution in [0.25, 0.3) is 0 Å². The number of carbonyl (C=O) groups excluding carboxylic acids is 1. The average molecular weight is 227 g/mol. The minimum absolute atomic E-state index is 0.0400. The molecule has 6 heteroatoms. The molecule has 1 unspecified atom stereocenters. The minimum Gasteiger partial charge on any atom is -0.494 e. The summed E-state index contributed by atoms with van der Waals surface area (Å²) < 4.78 is 9.98. The number of carboxylic acid groups (broad SMARTS) is 1. The fourth-order valence-corrected chi connectivity index (χ4v) is 1.51. The number of ether oxygens (including phenoxy) is 2. The first-order chi connectivity index (χ1) is 7.68. The van der Waals surface area contributed by atoms with Crippen LogP contribution in [0.2, 0.25) is 0 Å². The van der Waals surface area contributed by atoms with E-state index in [1.165, 1.54) is 6.26 Å². The summed E-state index contributed by atoms with van der Waals surface area (Å²) in [4.78, 5) is 22.5. The Morgan fingerprint density at radius 1 is 1.44 bits per heavy atom. The van der Waals surface area contributed by atoms with E-state index in [1.54, 1.807) is 0 Å². The van der Waals surface area contributed by atoms with Crippen LogP contribution in [0.15, 0.2) is 12.0 Å². The van der Waals surface area contributed by atoms with Crippen LogP contribution in [0.5, 0.6) is 0 Å². The van der Waals surface area contributed by atoms with Gasteiger partial charge >= 0.3 is 5.97 Å². The van der Waals surface area contributed by atoms with Crippen molar-refractivity contribution in [1.29, 1.82) is 0 Å². The lowest BCUT2D eigenvalue weighted by Gasteiger charge is -2.18. The molecule has 1 heterocycles. The highest BCUT2D eigenvalue weighted by Crippen LogP contribution is 2.32. The van der Waals surface area contributed by atoms with Crippen molar-refractivity contribution in [3.8, 4) is 0 Å². The van der Waals surface area contributed by atoms with Crippen LogP contribution < -0.4 is 5.32 Å². The molecule has 0 radical (unpaired) electrons. The minimum atomic E-state index is -1.01. The zero-order valence-corrected chi connectivity index (χ0v) is 8.64. The lowest BCUT2D eigenvalue weighted by atomic mass is 10.2. The molecule has 2 rings (SSSR count). The Hall–Kier alpha value is -1.72. The normalized spacial score (nSPS) is 21.1.